The van der Waals surface area contributed by atoms with Gasteiger partial charge in [-0.15, -0.1) is 10.2 Å². The molecule has 27 heavy (non-hydrogen) atoms. The average Bonchev–Trinajstić information content (AvgIpc) is 3.40. The Morgan fingerprint density at radius 2 is 1.89 bits per heavy atom. The van der Waals surface area contributed by atoms with Crippen molar-refractivity contribution in [1.82, 2.24) is 20.1 Å². The Morgan fingerprint density at radius 1 is 1.11 bits per heavy atom. The Kier molecular flexibility index (Phi) is 4.99. The van der Waals surface area contributed by atoms with Gasteiger partial charge in [-0.05, 0) is 49.9 Å². The average molecular weight is 379 g/mol. The second-order valence-electron chi connectivity index (χ2n) is 6.90. The van der Waals surface area contributed by atoms with Gasteiger partial charge in [0.2, 0.25) is 5.91 Å². The smallest absolute Gasteiger partial charge is 0.238 e. The van der Waals surface area contributed by atoms with E-state index < -0.39 is 0 Å². The minimum absolute atomic E-state index is 0.0325. The van der Waals surface area contributed by atoms with Gasteiger partial charge < -0.3 is 5.32 Å². The summed E-state index contributed by atoms with van der Waals surface area (Å²) in [4.78, 5) is 12.9. The third kappa shape index (κ3) is 4.06. The van der Waals surface area contributed by atoms with Crippen LogP contribution in [0, 0.1) is 13.8 Å². The molecule has 0 radical (unpaired) electrons. The number of nitrogens with zero attached hydrogens (tertiary/aromatic N) is 3. The molecule has 3 aromatic rings. The largest absolute Gasteiger partial charge is 0.352 e. The van der Waals surface area contributed by atoms with Crippen LogP contribution in [0.1, 0.15) is 35.0 Å². The summed E-state index contributed by atoms with van der Waals surface area (Å²) in [5, 5.41) is 12.1. The molecule has 4 rings (SSSR count). The molecule has 1 aliphatic carbocycles. The summed E-state index contributed by atoms with van der Waals surface area (Å²) in [6.07, 6.45) is 2.13. The quantitative estimate of drug-likeness (QED) is 0.659. The summed E-state index contributed by atoms with van der Waals surface area (Å²) < 4.78 is 2.01. The van der Waals surface area contributed by atoms with E-state index in [1.807, 2.05) is 54.0 Å². The van der Waals surface area contributed by atoms with Crippen molar-refractivity contribution in [3.05, 3.63) is 71.5 Å². The number of benzene rings is 2. The van der Waals surface area contributed by atoms with Crippen molar-refractivity contribution in [2.24, 2.45) is 0 Å². The van der Waals surface area contributed by atoms with E-state index in [0.717, 1.165) is 35.1 Å². The summed E-state index contributed by atoms with van der Waals surface area (Å²) in [6, 6.07) is 18.4. The molecule has 5 nitrogen and oxygen atoms in total. The van der Waals surface area contributed by atoms with Crippen molar-refractivity contribution in [1.29, 1.82) is 0 Å². The van der Waals surface area contributed by atoms with Gasteiger partial charge in [0, 0.05) is 11.7 Å². The molecule has 1 unspecified atom stereocenters. The molecule has 1 amide bonds. The van der Waals surface area contributed by atoms with Crippen molar-refractivity contribution in [3.8, 4) is 5.69 Å². The molecule has 0 aliphatic heterocycles. The number of hydrogen-bond donors (Lipinski definition) is 1. The summed E-state index contributed by atoms with van der Waals surface area (Å²) in [6.45, 7) is 3.99. The predicted molar refractivity (Wildman–Crippen MR) is 107 cm³/mol. The highest BCUT2D eigenvalue weighted by atomic mass is 32.2. The Hall–Kier alpha value is -2.60. The van der Waals surface area contributed by atoms with Gasteiger partial charge in [0.25, 0.3) is 0 Å². The van der Waals surface area contributed by atoms with Gasteiger partial charge in [0.05, 0.1) is 0 Å². The van der Waals surface area contributed by atoms with E-state index in [1.165, 1.54) is 17.3 Å². The maximum Gasteiger partial charge on any atom is 0.238 e. The third-order valence-corrected chi connectivity index (χ3v) is 5.74. The van der Waals surface area contributed by atoms with Crippen LogP contribution >= 0.6 is 11.8 Å². The Balaban J connectivity index is 1.68. The molecule has 1 aromatic heterocycles. The lowest BCUT2D eigenvalue weighted by molar-refractivity contribution is -0.120. The Morgan fingerprint density at radius 3 is 2.59 bits per heavy atom. The van der Waals surface area contributed by atoms with E-state index >= 15 is 0 Å². The van der Waals surface area contributed by atoms with Gasteiger partial charge in [0.1, 0.15) is 11.1 Å². The minimum Gasteiger partial charge on any atom is -0.352 e. The van der Waals surface area contributed by atoms with Crippen LogP contribution in [0.25, 0.3) is 5.69 Å². The Labute approximate surface area is 163 Å². The molecule has 2 aromatic carbocycles. The van der Waals surface area contributed by atoms with E-state index in [0.29, 0.717) is 6.04 Å². The number of thioether (sulfide) groups is 1. The fraction of sp³-hybridized carbons (Fsp3) is 0.286. The maximum absolute atomic E-state index is 12.9. The molecule has 1 N–H and O–H groups in total. The maximum atomic E-state index is 12.9. The molecular formula is C21H22N4OS. The second kappa shape index (κ2) is 7.56. The van der Waals surface area contributed by atoms with Crippen LogP contribution in [0.3, 0.4) is 0 Å². The van der Waals surface area contributed by atoms with Crippen LogP contribution in [0.15, 0.2) is 59.8 Å². The molecule has 1 aliphatic rings. The molecule has 0 saturated heterocycles. The number of rotatable bonds is 6. The lowest BCUT2D eigenvalue weighted by Gasteiger charge is -2.17. The van der Waals surface area contributed by atoms with Crippen molar-refractivity contribution >= 4 is 17.7 Å². The van der Waals surface area contributed by atoms with E-state index in [2.05, 4.69) is 34.6 Å². The van der Waals surface area contributed by atoms with Crippen LogP contribution in [0.2, 0.25) is 0 Å². The van der Waals surface area contributed by atoms with Crippen LogP contribution in [0.5, 0.6) is 0 Å². The van der Waals surface area contributed by atoms with E-state index in [4.69, 9.17) is 0 Å². The zero-order valence-corrected chi connectivity index (χ0v) is 16.2. The molecule has 6 heteroatoms. The standard InChI is InChI=1S/C21H22N4OS/c1-14-7-6-10-18(13-14)25-15(2)23-24-21(25)27-19(16-8-4-3-5-9-16)20(26)22-17-11-12-17/h3-10,13,17,19H,11-12H2,1-2H3,(H,22,26). The van der Waals surface area contributed by atoms with Gasteiger partial charge in [-0.3, -0.25) is 9.36 Å². The molecule has 138 valence electrons. The van der Waals surface area contributed by atoms with Gasteiger partial charge >= 0.3 is 0 Å². The second-order valence-corrected chi connectivity index (χ2v) is 7.97. The molecule has 1 atom stereocenters. The lowest BCUT2D eigenvalue weighted by Crippen LogP contribution is -2.29. The van der Waals surface area contributed by atoms with Gasteiger partial charge in [-0.1, -0.05) is 54.2 Å². The number of carbonyl (C=O) groups is 1. The normalized spacial score (nSPS) is 14.7. The molecule has 1 saturated carbocycles. The summed E-state index contributed by atoms with van der Waals surface area (Å²) >= 11 is 1.45. The predicted octanol–water partition coefficient (Wildman–Crippen LogP) is 4.00. The lowest BCUT2D eigenvalue weighted by atomic mass is 10.1. The first-order valence-electron chi connectivity index (χ1n) is 9.13. The summed E-state index contributed by atoms with van der Waals surface area (Å²) in [5.74, 6) is 0.836. The molecule has 0 bridgehead atoms. The first kappa shape index (κ1) is 17.8. The fourth-order valence-corrected chi connectivity index (χ4v) is 4.10. The van der Waals surface area contributed by atoms with E-state index in [-0.39, 0.29) is 11.2 Å². The first-order valence-corrected chi connectivity index (χ1v) is 10.0. The highest BCUT2D eigenvalue weighted by Crippen LogP contribution is 2.36. The van der Waals surface area contributed by atoms with E-state index in [1.54, 1.807) is 0 Å². The number of aromatic nitrogens is 3. The molecule has 1 heterocycles. The van der Waals surface area contributed by atoms with Crippen molar-refractivity contribution in [3.63, 3.8) is 0 Å². The SMILES string of the molecule is Cc1cccc(-n2c(C)nnc2SC(C(=O)NC2CC2)c2ccccc2)c1. The fourth-order valence-electron chi connectivity index (χ4n) is 2.99. The zero-order chi connectivity index (χ0) is 18.8. The molecular weight excluding hydrogens is 356 g/mol. The van der Waals surface area contributed by atoms with Crippen LogP contribution in [-0.2, 0) is 4.79 Å². The topological polar surface area (TPSA) is 59.8 Å². The van der Waals surface area contributed by atoms with Gasteiger partial charge in [0.15, 0.2) is 5.16 Å². The van der Waals surface area contributed by atoms with Gasteiger partial charge in [-0.25, -0.2) is 0 Å². The number of carbonyl (C=O) groups excluding carboxylic acids is 1. The summed E-state index contributed by atoms with van der Waals surface area (Å²) in [5.41, 5.74) is 3.15. The van der Waals surface area contributed by atoms with Crippen molar-refractivity contribution in [2.75, 3.05) is 0 Å². The van der Waals surface area contributed by atoms with Gasteiger partial charge in [-0.2, -0.15) is 0 Å². The van der Waals surface area contributed by atoms with Crippen LogP contribution < -0.4 is 5.32 Å². The third-order valence-electron chi connectivity index (χ3n) is 4.54. The first-order chi connectivity index (χ1) is 13.1. The number of aryl methyl sites for hydroxylation is 2. The minimum atomic E-state index is -0.362. The highest BCUT2D eigenvalue weighted by Gasteiger charge is 2.30. The Bertz CT molecular complexity index is 950. The van der Waals surface area contributed by atoms with E-state index in [9.17, 15) is 4.79 Å². The van der Waals surface area contributed by atoms with Crippen LogP contribution in [-0.4, -0.2) is 26.7 Å². The van der Waals surface area contributed by atoms with Crippen molar-refractivity contribution in [2.45, 2.75) is 43.1 Å². The van der Waals surface area contributed by atoms with Crippen molar-refractivity contribution < 1.29 is 4.79 Å². The molecule has 0 spiro atoms. The van der Waals surface area contributed by atoms with Crippen LogP contribution in [0.4, 0.5) is 0 Å². The summed E-state index contributed by atoms with van der Waals surface area (Å²) in [7, 11) is 0. The highest BCUT2D eigenvalue weighted by molar-refractivity contribution is 8.00. The monoisotopic (exact) mass is 378 g/mol. The number of hydrogen-bond acceptors (Lipinski definition) is 4. The zero-order valence-electron chi connectivity index (χ0n) is 15.4. The molecule has 1 fully saturated rings. The number of nitrogens with one attached hydrogen (secondary N) is 1. The number of amides is 1.